The molecule has 0 aromatic heterocycles. The van der Waals surface area contributed by atoms with E-state index in [9.17, 15) is 4.79 Å². The molecule has 2 aliphatic heterocycles. The number of benzene rings is 2. The van der Waals surface area contributed by atoms with Crippen molar-refractivity contribution < 1.29 is 28.5 Å². The average Bonchev–Trinajstić information content (AvgIpc) is 3.30. The second-order valence-corrected chi connectivity index (χ2v) is 9.14. The van der Waals surface area contributed by atoms with Gasteiger partial charge in [0.05, 0.1) is 19.6 Å². The predicted octanol–water partition coefficient (Wildman–Crippen LogP) is 3.60. The molecule has 0 saturated carbocycles. The second-order valence-electron chi connectivity index (χ2n) is 9.14. The molecular formula is C27H35NO6. The Balaban J connectivity index is 1.49. The maximum atomic E-state index is 12.5. The first-order valence-corrected chi connectivity index (χ1v) is 12.0. The molecule has 4 rings (SSSR count). The van der Waals surface area contributed by atoms with Crippen LogP contribution in [0.3, 0.4) is 0 Å². The summed E-state index contributed by atoms with van der Waals surface area (Å²) in [6.07, 6.45) is -0.784. The number of fused-ring (bicyclic) bond motifs is 1. The van der Waals surface area contributed by atoms with Crippen LogP contribution in [-0.4, -0.2) is 55.6 Å². The van der Waals surface area contributed by atoms with Crippen molar-refractivity contribution in [2.75, 3.05) is 13.2 Å². The fraction of sp³-hybridized carbons (Fsp3) is 0.519. The van der Waals surface area contributed by atoms with Crippen molar-refractivity contribution in [3.63, 3.8) is 0 Å². The highest BCUT2D eigenvalue weighted by atomic mass is 16.8. The van der Waals surface area contributed by atoms with Crippen molar-refractivity contribution in [2.24, 2.45) is 0 Å². The van der Waals surface area contributed by atoms with E-state index in [0.29, 0.717) is 19.8 Å². The van der Waals surface area contributed by atoms with E-state index < -0.39 is 24.3 Å². The van der Waals surface area contributed by atoms with E-state index in [4.69, 9.17) is 23.7 Å². The van der Waals surface area contributed by atoms with E-state index in [1.165, 1.54) is 5.56 Å². The Morgan fingerprint density at radius 1 is 1.03 bits per heavy atom. The number of carbonyl (C=O) groups excluding carboxylic acids is 1. The molecule has 2 aromatic rings. The number of esters is 1. The Bertz CT molecular complexity index is 906. The largest absolute Gasteiger partial charge is 0.466 e. The highest BCUT2D eigenvalue weighted by Gasteiger charge is 2.57. The van der Waals surface area contributed by atoms with Crippen molar-refractivity contribution in [3.8, 4) is 0 Å². The Kier molecular flexibility index (Phi) is 8.34. The Morgan fingerprint density at radius 2 is 1.71 bits per heavy atom. The summed E-state index contributed by atoms with van der Waals surface area (Å²) < 4.78 is 30.1. The lowest BCUT2D eigenvalue weighted by Gasteiger charge is -2.31. The third kappa shape index (κ3) is 6.43. The van der Waals surface area contributed by atoms with Crippen LogP contribution in [0.1, 0.15) is 38.3 Å². The number of rotatable bonds is 11. The highest BCUT2D eigenvalue weighted by Crippen LogP contribution is 2.40. The van der Waals surface area contributed by atoms with Gasteiger partial charge < -0.3 is 29.0 Å². The van der Waals surface area contributed by atoms with Crippen molar-refractivity contribution in [2.45, 2.75) is 76.7 Å². The molecule has 0 aliphatic carbocycles. The van der Waals surface area contributed by atoms with Gasteiger partial charge in [-0.1, -0.05) is 60.7 Å². The maximum absolute atomic E-state index is 12.5. The summed E-state index contributed by atoms with van der Waals surface area (Å²) in [6.45, 7) is 6.97. The van der Waals surface area contributed by atoms with Gasteiger partial charge in [0.1, 0.15) is 18.3 Å². The fourth-order valence-electron chi connectivity index (χ4n) is 4.53. The molecular weight excluding hydrogens is 434 g/mol. The topological polar surface area (TPSA) is 75.3 Å². The van der Waals surface area contributed by atoms with Gasteiger partial charge in [-0.05, 0) is 44.9 Å². The number of nitrogens with one attached hydrogen (secondary N) is 1. The minimum absolute atomic E-state index is 0.168. The normalized spacial score (nSPS) is 26.2. The summed E-state index contributed by atoms with van der Waals surface area (Å²) >= 11 is 0. The lowest BCUT2D eigenvalue weighted by atomic mass is 10.00. The van der Waals surface area contributed by atoms with Gasteiger partial charge in [0, 0.05) is 6.04 Å². The molecule has 7 heteroatoms. The van der Waals surface area contributed by atoms with Crippen LogP contribution < -0.4 is 5.32 Å². The SMILES string of the molecule is CCOC(=O)C[C@@H](NCCc1ccccc1)[C@H]1O[C@@H]2OC(C)(C)O[C@@H]2[C@H]1OCc1ccccc1. The Labute approximate surface area is 201 Å². The highest BCUT2D eigenvalue weighted by molar-refractivity contribution is 5.70. The first kappa shape index (κ1) is 24.8. The van der Waals surface area contributed by atoms with Crippen LogP contribution in [0.5, 0.6) is 0 Å². The maximum Gasteiger partial charge on any atom is 0.307 e. The molecule has 2 heterocycles. The number of hydrogen-bond acceptors (Lipinski definition) is 7. The van der Waals surface area contributed by atoms with Crippen molar-refractivity contribution >= 4 is 5.97 Å². The molecule has 0 radical (unpaired) electrons. The first-order valence-electron chi connectivity index (χ1n) is 12.0. The van der Waals surface area contributed by atoms with Gasteiger partial charge in [0.15, 0.2) is 12.1 Å². The molecule has 1 N–H and O–H groups in total. The number of hydrogen-bond donors (Lipinski definition) is 1. The fourth-order valence-corrected chi connectivity index (χ4v) is 4.53. The average molecular weight is 470 g/mol. The van der Waals surface area contributed by atoms with Crippen LogP contribution in [0.4, 0.5) is 0 Å². The van der Waals surface area contributed by atoms with Crippen LogP contribution in [0.25, 0.3) is 0 Å². The first-order chi connectivity index (χ1) is 16.4. The minimum Gasteiger partial charge on any atom is -0.466 e. The predicted molar refractivity (Wildman–Crippen MR) is 127 cm³/mol. The Hall–Kier alpha value is -2.29. The summed E-state index contributed by atoms with van der Waals surface area (Å²) in [5.41, 5.74) is 2.28. The number of carbonyl (C=O) groups is 1. The van der Waals surface area contributed by atoms with Crippen LogP contribution in [0.2, 0.25) is 0 Å². The van der Waals surface area contributed by atoms with Crippen LogP contribution >= 0.6 is 0 Å². The van der Waals surface area contributed by atoms with Crippen molar-refractivity contribution in [1.82, 2.24) is 5.32 Å². The van der Waals surface area contributed by atoms with Gasteiger partial charge in [-0.15, -0.1) is 0 Å². The van der Waals surface area contributed by atoms with Gasteiger partial charge in [-0.2, -0.15) is 0 Å². The van der Waals surface area contributed by atoms with Crippen LogP contribution in [-0.2, 0) is 41.5 Å². The molecule has 0 amide bonds. The smallest absolute Gasteiger partial charge is 0.307 e. The molecule has 2 saturated heterocycles. The monoisotopic (exact) mass is 469 g/mol. The van der Waals surface area contributed by atoms with Gasteiger partial charge in [0.2, 0.25) is 0 Å². The zero-order chi connectivity index (χ0) is 24.0. The van der Waals surface area contributed by atoms with Crippen molar-refractivity contribution in [1.29, 1.82) is 0 Å². The molecule has 0 unspecified atom stereocenters. The minimum atomic E-state index is -0.758. The van der Waals surface area contributed by atoms with Crippen LogP contribution in [0, 0.1) is 0 Å². The summed E-state index contributed by atoms with van der Waals surface area (Å²) in [6, 6.07) is 19.9. The van der Waals surface area contributed by atoms with Gasteiger partial charge >= 0.3 is 5.97 Å². The van der Waals surface area contributed by atoms with E-state index in [2.05, 4.69) is 17.4 Å². The summed E-state index contributed by atoms with van der Waals surface area (Å²) in [4.78, 5) is 12.5. The molecule has 2 aliphatic rings. The second kappa shape index (κ2) is 11.4. The number of ether oxygens (including phenoxy) is 5. The Morgan fingerprint density at radius 3 is 2.38 bits per heavy atom. The van der Waals surface area contributed by atoms with Crippen molar-refractivity contribution in [3.05, 3.63) is 71.8 Å². The lowest BCUT2D eigenvalue weighted by molar-refractivity contribution is -0.223. The van der Waals surface area contributed by atoms with E-state index in [1.807, 2.05) is 69.3 Å². The van der Waals surface area contributed by atoms with E-state index in [1.54, 1.807) is 0 Å². The van der Waals surface area contributed by atoms with Gasteiger partial charge in [-0.25, -0.2) is 0 Å². The third-order valence-electron chi connectivity index (χ3n) is 6.06. The molecule has 2 fully saturated rings. The van der Waals surface area contributed by atoms with Gasteiger partial charge in [-0.3, -0.25) is 4.79 Å². The van der Waals surface area contributed by atoms with Gasteiger partial charge in [0.25, 0.3) is 0 Å². The zero-order valence-electron chi connectivity index (χ0n) is 20.1. The summed E-state index contributed by atoms with van der Waals surface area (Å²) in [5.74, 6) is -1.03. The van der Waals surface area contributed by atoms with Crippen LogP contribution in [0.15, 0.2) is 60.7 Å². The molecule has 0 spiro atoms. The molecule has 7 nitrogen and oxygen atoms in total. The zero-order valence-corrected chi connectivity index (χ0v) is 20.1. The quantitative estimate of drug-likeness (QED) is 0.504. The molecule has 34 heavy (non-hydrogen) atoms. The summed E-state index contributed by atoms with van der Waals surface area (Å²) in [5, 5.41) is 3.52. The standard InChI is InChI=1S/C27H35NO6/c1-4-30-22(29)17-21(28-16-15-19-11-7-5-8-12-19)23-24(31-18-20-13-9-6-10-14-20)25-26(32-23)34-27(2,3)33-25/h5-14,21,23-26,28H,4,15-18H2,1-3H3/t21-,23-,24+,25-,26-/m1/s1. The molecule has 2 aromatic carbocycles. The lowest BCUT2D eigenvalue weighted by Crippen LogP contribution is -2.50. The molecule has 184 valence electrons. The summed E-state index contributed by atoms with van der Waals surface area (Å²) in [7, 11) is 0. The van der Waals surface area contributed by atoms with E-state index >= 15 is 0 Å². The van der Waals surface area contributed by atoms with E-state index in [-0.39, 0.29) is 24.5 Å². The molecule has 0 bridgehead atoms. The third-order valence-corrected chi connectivity index (χ3v) is 6.06. The molecule has 5 atom stereocenters. The van der Waals surface area contributed by atoms with E-state index in [0.717, 1.165) is 12.0 Å².